The van der Waals surface area contributed by atoms with Crippen LogP contribution in [-0.4, -0.2) is 100 Å². The van der Waals surface area contributed by atoms with E-state index in [0.717, 1.165) is 50.8 Å². The Kier molecular flexibility index (Phi) is 38.2. The number of hydrogen-bond donors (Lipinski definition) is 4. The summed E-state index contributed by atoms with van der Waals surface area (Å²) < 4.78 is 0.448. The quantitative estimate of drug-likeness (QED) is 0.0348. The normalized spacial score (nSPS) is 10.8. The van der Waals surface area contributed by atoms with Gasteiger partial charge < -0.3 is 31.1 Å². The first kappa shape index (κ1) is 76.0. The summed E-state index contributed by atoms with van der Waals surface area (Å²) in [7, 11) is 8.26. The second kappa shape index (κ2) is 44.2. The maximum atomic E-state index is 3.67. The second-order valence-corrected chi connectivity index (χ2v) is 28.1. The first-order valence-electron chi connectivity index (χ1n) is 30.5. The fourth-order valence-corrected chi connectivity index (χ4v) is 9.11. The van der Waals surface area contributed by atoms with Crippen molar-refractivity contribution in [2.24, 2.45) is 0 Å². The van der Waals surface area contributed by atoms with Gasteiger partial charge in [0.15, 0.2) is 0 Å². The number of aryl methyl sites for hydroxylation is 4. The van der Waals surface area contributed by atoms with Crippen LogP contribution in [0.25, 0.3) is 24.3 Å². The van der Waals surface area contributed by atoms with E-state index >= 15 is 0 Å². The number of nitrogens with one attached hydrogen (secondary N) is 4. The summed E-state index contributed by atoms with van der Waals surface area (Å²) in [5.74, 6) is 2.24. The topological polar surface area (TPSA) is 54.6 Å². The predicted octanol–water partition coefficient (Wildman–Crippen LogP) is 19.8. The lowest BCUT2D eigenvalue weighted by atomic mass is 10.1. The van der Waals surface area contributed by atoms with Gasteiger partial charge in [0, 0.05) is 111 Å². The highest BCUT2D eigenvalue weighted by atomic mass is 32.2. The standard InChI is InChI=1S/2C25H37N3S2.4C7H8/c1-25(2,30-6)19-26-18-22-17-21(11-14-24(22)27-15-16-29-5)8-7-20-9-12-23(13-10-20)28(3)4;1-25(2,30-6)19-27-24-14-11-21(17-22(24)18-26-15-16-29-5)8-7-20-9-12-23(13-10-20)28(3)4;4*1-7-5-3-2-4-6-7/h2*7-14,17,26-27H,15-16,18-19H2,1-6H3;4*2-6H,1H3/b2*8-7+;;;;. The molecule has 0 heterocycles. The van der Waals surface area contributed by atoms with Gasteiger partial charge in [-0.05, 0) is 162 Å². The number of anilines is 4. The second-order valence-electron chi connectivity index (χ2n) is 23.1. The smallest absolute Gasteiger partial charge is 0.0386 e. The van der Waals surface area contributed by atoms with E-state index in [-0.39, 0.29) is 9.49 Å². The molecule has 8 rings (SSSR count). The lowest BCUT2D eigenvalue weighted by Gasteiger charge is -2.24. The highest BCUT2D eigenvalue weighted by Crippen LogP contribution is 2.26. The van der Waals surface area contributed by atoms with E-state index in [9.17, 15) is 0 Å². The minimum Gasteiger partial charge on any atom is -0.384 e. The lowest BCUT2D eigenvalue weighted by molar-refractivity contribution is 0.591. The van der Waals surface area contributed by atoms with Gasteiger partial charge in [0.1, 0.15) is 0 Å². The molecular formula is C78H106N6S4. The van der Waals surface area contributed by atoms with Gasteiger partial charge in [0.05, 0.1) is 0 Å². The summed E-state index contributed by atoms with van der Waals surface area (Å²) in [6, 6.07) is 71.7. The Hall–Kier alpha value is -6.24. The molecule has 0 aliphatic carbocycles. The molecule has 0 saturated carbocycles. The third kappa shape index (κ3) is 34.5. The van der Waals surface area contributed by atoms with E-state index in [2.05, 4.69) is 297 Å². The molecule has 0 aliphatic rings. The molecule has 0 atom stereocenters. The molecule has 0 bridgehead atoms. The van der Waals surface area contributed by atoms with E-state index in [1.807, 2.05) is 120 Å². The van der Waals surface area contributed by atoms with Gasteiger partial charge in [-0.1, -0.05) is 204 Å². The molecule has 10 heteroatoms. The van der Waals surface area contributed by atoms with Crippen LogP contribution >= 0.6 is 47.0 Å². The van der Waals surface area contributed by atoms with E-state index < -0.39 is 0 Å². The Labute approximate surface area is 552 Å². The van der Waals surface area contributed by atoms with Gasteiger partial charge in [-0.2, -0.15) is 47.0 Å². The molecule has 0 aromatic heterocycles. The summed E-state index contributed by atoms with van der Waals surface area (Å²) in [5, 5.41) is 14.5. The Morgan fingerprint density at radius 1 is 0.364 bits per heavy atom. The van der Waals surface area contributed by atoms with Crippen molar-refractivity contribution in [3.63, 3.8) is 0 Å². The molecule has 8 aromatic rings. The summed E-state index contributed by atoms with van der Waals surface area (Å²) >= 11 is 7.53. The monoisotopic (exact) mass is 1250 g/mol. The van der Waals surface area contributed by atoms with Gasteiger partial charge in [-0.15, -0.1) is 0 Å². The summed E-state index contributed by atoms with van der Waals surface area (Å²) in [5.41, 5.74) is 17.7. The van der Waals surface area contributed by atoms with Crippen LogP contribution in [-0.2, 0) is 13.1 Å². The van der Waals surface area contributed by atoms with Crippen molar-refractivity contribution in [2.45, 2.75) is 78.0 Å². The van der Waals surface area contributed by atoms with Crippen LogP contribution in [0.2, 0.25) is 0 Å². The Morgan fingerprint density at radius 3 is 1.01 bits per heavy atom. The zero-order valence-electron chi connectivity index (χ0n) is 56.1. The lowest BCUT2D eigenvalue weighted by Crippen LogP contribution is -2.31. The average Bonchev–Trinajstić information content (AvgIpc) is 3.54. The molecule has 0 amide bonds. The van der Waals surface area contributed by atoms with E-state index in [1.165, 1.54) is 78.4 Å². The van der Waals surface area contributed by atoms with Crippen LogP contribution in [0.1, 0.15) is 83.3 Å². The molecule has 6 nitrogen and oxygen atoms in total. The zero-order chi connectivity index (χ0) is 64.4. The molecule has 0 saturated heterocycles. The number of benzene rings is 8. The van der Waals surface area contributed by atoms with E-state index in [4.69, 9.17) is 0 Å². The highest BCUT2D eigenvalue weighted by Gasteiger charge is 2.17. The molecule has 88 heavy (non-hydrogen) atoms. The highest BCUT2D eigenvalue weighted by molar-refractivity contribution is 8.00. The van der Waals surface area contributed by atoms with Crippen molar-refractivity contribution in [1.29, 1.82) is 0 Å². The Bertz CT molecular complexity index is 2940. The first-order valence-corrected chi connectivity index (χ1v) is 35.7. The maximum Gasteiger partial charge on any atom is 0.0386 e. The molecule has 0 aliphatic heterocycles. The molecule has 0 unspecified atom stereocenters. The van der Waals surface area contributed by atoms with Crippen LogP contribution in [0.3, 0.4) is 0 Å². The number of rotatable bonds is 24. The third-order valence-corrected chi connectivity index (χ3v) is 17.6. The van der Waals surface area contributed by atoms with E-state index in [1.54, 1.807) is 0 Å². The molecular weight excluding hydrogens is 1150 g/mol. The number of hydrogen-bond acceptors (Lipinski definition) is 10. The molecule has 472 valence electrons. The van der Waals surface area contributed by atoms with Crippen molar-refractivity contribution in [2.75, 3.05) is 111 Å². The summed E-state index contributed by atoms with van der Waals surface area (Å²) in [6.07, 6.45) is 17.4. The third-order valence-electron chi connectivity index (χ3n) is 13.9. The Balaban J connectivity index is 0.000000318. The first-order chi connectivity index (χ1) is 42.3. The maximum absolute atomic E-state index is 3.67. The van der Waals surface area contributed by atoms with Crippen molar-refractivity contribution < 1.29 is 0 Å². The van der Waals surface area contributed by atoms with Crippen molar-refractivity contribution in [3.8, 4) is 0 Å². The molecule has 4 N–H and O–H groups in total. The molecule has 8 aromatic carbocycles. The van der Waals surface area contributed by atoms with Crippen molar-refractivity contribution >= 4 is 94.1 Å². The van der Waals surface area contributed by atoms with Gasteiger partial charge in [-0.25, -0.2) is 0 Å². The van der Waals surface area contributed by atoms with Crippen molar-refractivity contribution in [3.05, 3.63) is 262 Å². The summed E-state index contributed by atoms with van der Waals surface area (Å²) in [4.78, 5) is 4.24. The van der Waals surface area contributed by atoms with Crippen molar-refractivity contribution in [1.82, 2.24) is 10.6 Å². The molecule has 0 radical (unpaired) electrons. The van der Waals surface area contributed by atoms with Crippen LogP contribution in [0.15, 0.2) is 206 Å². The largest absolute Gasteiger partial charge is 0.384 e. The van der Waals surface area contributed by atoms with Crippen LogP contribution in [0.5, 0.6) is 0 Å². The molecule has 0 fully saturated rings. The van der Waals surface area contributed by atoms with E-state index in [0.29, 0.717) is 0 Å². The number of thioether (sulfide) groups is 4. The van der Waals surface area contributed by atoms with Crippen LogP contribution in [0, 0.1) is 27.7 Å². The van der Waals surface area contributed by atoms with Gasteiger partial charge >= 0.3 is 0 Å². The van der Waals surface area contributed by atoms with Gasteiger partial charge in [0.25, 0.3) is 0 Å². The van der Waals surface area contributed by atoms with Crippen LogP contribution in [0.4, 0.5) is 22.7 Å². The predicted molar refractivity (Wildman–Crippen MR) is 409 cm³/mol. The minimum absolute atomic E-state index is 0.209. The minimum atomic E-state index is 0.209. The zero-order valence-corrected chi connectivity index (χ0v) is 59.4. The fourth-order valence-electron chi connectivity index (χ4n) is 8.00. The Morgan fingerprint density at radius 2 is 0.682 bits per heavy atom. The molecule has 0 spiro atoms. The van der Waals surface area contributed by atoms with Crippen LogP contribution < -0.4 is 31.1 Å². The fraction of sp³-hybridized carbons (Fsp3) is 0.333. The number of nitrogens with zero attached hydrogens (tertiary/aromatic N) is 2. The average molecular weight is 1260 g/mol. The SMILES string of the molecule is CSCCNCc1cc(/C=C/c2ccc(N(C)C)cc2)ccc1NCC(C)(C)SC.CSCCNc1ccc(/C=C/c2ccc(N(C)C)cc2)cc1CNCC(C)(C)SC.Cc1ccccc1.Cc1ccccc1.Cc1ccccc1.Cc1ccccc1. The van der Waals surface area contributed by atoms with Gasteiger partial charge in [0.2, 0.25) is 0 Å². The van der Waals surface area contributed by atoms with Gasteiger partial charge in [-0.3, -0.25) is 0 Å². The summed E-state index contributed by atoms with van der Waals surface area (Å²) in [6.45, 7) is 23.1.